The van der Waals surface area contributed by atoms with Crippen LogP contribution in [0.5, 0.6) is 0 Å². The lowest BCUT2D eigenvalue weighted by molar-refractivity contribution is -0.142. The van der Waals surface area contributed by atoms with Crippen molar-refractivity contribution in [3.8, 4) is 10.6 Å². The van der Waals surface area contributed by atoms with Crippen LogP contribution in [0.3, 0.4) is 0 Å². The van der Waals surface area contributed by atoms with Gasteiger partial charge in [0.05, 0.1) is 16.3 Å². The van der Waals surface area contributed by atoms with E-state index in [1.807, 2.05) is 0 Å². The number of nitrogens with one attached hydrogen (secondary N) is 1. The number of rotatable bonds is 3. The van der Waals surface area contributed by atoms with Crippen LogP contribution >= 0.6 is 27.3 Å². The Kier molecular flexibility index (Phi) is 4.87. The van der Waals surface area contributed by atoms with Gasteiger partial charge < -0.3 is 5.32 Å². The van der Waals surface area contributed by atoms with Crippen molar-refractivity contribution in [2.75, 3.05) is 5.32 Å². The van der Waals surface area contributed by atoms with E-state index in [1.54, 1.807) is 17.5 Å². The van der Waals surface area contributed by atoms with Gasteiger partial charge in [-0.15, -0.1) is 11.3 Å². The molecule has 11 heteroatoms. The quantitative estimate of drug-likeness (QED) is 0.383. The number of alkyl halides is 3. The van der Waals surface area contributed by atoms with Crippen LogP contribution in [0, 0.1) is 5.82 Å². The second kappa shape index (κ2) is 7.23. The van der Waals surface area contributed by atoms with E-state index in [1.165, 1.54) is 23.5 Å². The van der Waals surface area contributed by atoms with Crippen molar-refractivity contribution >= 4 is 44.5 Å². The van der Waals surface area contributed by atoms with Crippen molar-refractivity contribution in [2.45, 2.75) is 6.18 Å². The largest absolute Gasteiger partial charge is 0.433 e. The Bertz CT molecular complexity index is 1220. The van der Waals surface area contributed by atoms with E-state index in [9.17, 15) is 22.4 Å². The monoisotopic (exact) mass is 484 g/mol. The molecule has 0 unspecified atom stereocenters. The molecule has 0 spiro atoms. The number of carbonyl (C=O) groups is 1. The maximum absolute atomic E-state index is 13.9. The predicted octanol–water partition coefficient (Wildman–Crippen LogP) is 5.63. The summed E-state index contributed by atoms with van der Waals surface area (Å²) in [5, 5.41) is 7.75. The molecule has 1 N–H and O–H groups in total. The van der Waals surface area contributed by atoms with Crippen LogP contribution in [0.25, 0.3) is 16.2 Å². The lowest BCUT2D eigenvalue weighted by Crippen LogP contribution is -2.16. The molecule has 148 valence electrons. The summed E-state index contributed by atoms with van der Waals surface area (Å²) in [6.45, 7) is 0. The topological polar surface area (TPSA) is 59.3 Å². The summed E-state index contributed by atoms with van der Waals surface area (Å²) in [6.07, 6.45) is -4.72. The van der Waals surface area contributed by atoms with Gasteiger partial charge in [0.25, 0.3) is 5.91 Å². The zero-order valence-electron chi connectivity index (χ0n) is 14.2. The van der Waals surface area contributed by atoms with E-state index in [-0.39, 0.29) is 22.7 Å². The SMILES string of the molecule is O=C(Nc1ccc(Br)cc1F)c1cc2nc(-c3cccs3)cc(C(F)(F)F)n2n1. The first kappa shape index (κ1) is 19.5. The van der Waals surface area contributed by atoms with E-state index >= 15 is 0 Å². The minimum absolute atomic E-state index is 0.116. The van der Waals surface area contributed by atoms with Crippen molar-refractivity contribution in [1.82, 2.24) is 14.6 Å². The third-order valence-electron chi connectivity index (χ3n) is 3.90. The van der Waals surface area contributed by atoms with Crippen molar-refractivity contribution < 1.29 is 22.4 Å². The fourth-order valence-electron chi connectivity index (χ4n) is 2.62. The molecular weight excluding hydrogens is 476 g/mol. The molecule has 0 aliphatic heterocycles. The molecule has 1 aromatic carbocycles. The minimum atomic E-state index is -4.72. The Hall–Kier alpha value is -2.79. The Morgan fingerprint density at radius 1 is 1.17 bits per heavy atom. The molecule has 3 heterocycles. The number of carbonyl (C=O) groups excluding carboxylic acids is 1. The van der Waals surface area contributed by atoms with E-state index in [2.05, 4.69) is 31.3 Å². The molecule has 0 saturated heterocycles. The normalized spacial score (nSPS) is 11.8. The van der Waals surface area contributed by atoms with E-state index in [0.29, 0.717) is 13.9 Å². The summed E-state index contributed by atoms with van der Waals surface area (Å²) in [5.74, 6) is -1.56. The van der Waals surface area contributed by atoms with Crippen LogP contribution in [-0.2, 0) is 6.18 Å². The summed E-state index contributed by atoms with van der Waals surface area (Å²) in [5.41, 5.74) is -1.55. The number of hydrogen-bond acceptors (Lipinski definition) is 4. The fourth-order valence-corrected chi connectivity index (χ4v) is 3.63. The summed E-state index contributed by atoms with van der Waals surface area (Å²) in [4.78, 5) is 17.1. The van der Waals surface area contributed by atoms with Gasteiger partial charge in [-0.1, -0.05) is 22.0 Å². The van der Waals surface area contributed by atoms with Crippen LogP contribution in [0.15, 0.2) is 52.3 Å². The standard InChI is InChI=1S/C18H9BrF4N4OS/c19-9-3-4-11(10(20)6-9)25-17(28)13-8-16-24-12(14-2-1-5-29-14)7-15(18(21,22)23)27(16)26-13/h1-8H,(H,25,28). The van der Waals surface area contributed by atoms with Gasteiger partial charge >= 0.3 is 6.18 Å². The first-order valence-corrected chi connectivity index (χ1v) is 9.68. The van der Waals surface area contributed by atoms with Gasteiger partial charge in [0.1, 0.15) is 5.82 Å². The average molecular weight is 485 g/mol. The molecule has 0 atom stereocenters. The van der Waals surface area contributed by atoms with Gasteiger partial charge in [0, 0.05) is 10.5 Å². The molecule has 4 aromatic rings. The minimum Gasteiger partial charge on any atom is -0.318 e. The van der Waals surface area contributed by atoms with E-state index < -0.39 is 23.6 Å². The summed E-state index contributed by atoms with van der Waals surface area (Å²) < 4.78 is 55.6. The lowest BCUT2D eigenvalue weighted by atomic mass is 10.2. The first-order chi connectivity index (χ1) is 13.7. The van der Waals surface area contributed by atoms with E-state index in [0.717, 1.165) is 18.2 Å². The third-order valence-corrected chi connectivity index (χ3v) is 5.29. The fraction of sp³-hybridized carbons (Fsp3) is 0.0556. The van der Waals surface area contributed by atoms with Gasteiger partial charge in [0.2, 0.25) is 0 Å². The molecule has 0 radical (unpaired) electrons. The highest BCUT2D eigenvalue weighted by atomic mass is 79.9. The third kappa shape index (κ3) is 3.87. The van der Waals surface area contributed by atoms with Gasteiger partial charge in [-0.25, -0.2) is 13.9 Å². The first-order valence-electron chi connectivity index (χ1n) is 8.00. The lowest BCUT2D eigenvalue weighted by Gasteiger charge is -2.10. The number of benzene rings is 1. The number of amides is 1. The van der Waals surface area contributed by atoms with E-state index in [4.69, 9.17) is 0 Å². The second-order valence-corrected chi connectivity index (χ2v) is 7.74. The Balaban J connectivity index is 1.77. The molecule has 4 rings (SSSR count). The maximum Gasteiger partial charge on any atom is 0.433 e. The van der Waals surface area contributed by atoms with Crippen molar-refractivity contribution in [2.24, 2.45) is 0 Å². The Labute approximate surface area is 173 Å². The summed E-state index contributed by atoms with van der Waals surface area (Å²) in [6, 6.07) is 9.32. The molecule has 0 fully saturated rings. The van der Waals surface area contributed by atoms with Crippen LogP contribution in [-0.4, -0.2) is 20.5 Å². The van der Waals surface area contributed by atoms with Crippen LogP contribution in [0.2, 0.25) is 0 Å². The molecular formula is C18H9BrF4N4OS. The molecule has 5 nitrogen and oxygen atoms in total. The Morgan fingerprint density at radius 3 is 2.62 bits per heavy atom. The van der Waals surface area contributed by atoms with Crippen molar-refractivity contribution in [1.29, 1.82) is 0 Å². The summed E-state index contributed by atoms with van der Waals surface area (Å²) >= 11 is 4.34. The maximum atomic E-state index is 13.9. The zero-order chi connectivity index (χ0) is 20.8. The number of thiophene rings is 1. The highest BCUT2D eigenvalue weighted by Gasteiger charge is 2.35. The number of hydrogen-bond donors (Lipinski definition) is 1. The van der Waals surface area contributed by atoms with Crippen LogP contribution in [0.4, 0.5) is 23.2 Å². The van der Waals surface area contributed by atoms with Crippen LogP contribution < -0.4 is 5.32 Å². The van der Waals surface area contributed by atoms with Crippen molar-refractivity contribution in [3.63, 3.8) is 0 Å². The second-order valence-electron chi connectivity index (χ2n) is 5.88. The highest BCUT2D eigenvalue weighted by molar-refractivity contribution is 9.10. The summed E-state index contributed by atoms with van der Waals surface area (Å²) in [7, 11) is 0. The number of halogens is 5. The molecule has 0 aliphatic carbocycles. The number of nitrogens with zero attached hydrogens (tertiary/aromatic N) is 3. The number of fused-ring (bicyclic) bond motifs is 1. The van der Waals surface area contributed by atoms with Crippen molar-refractivity contribution in [3.05, 3.63) is 69.5 Å². The molecule has 29 heavy (non-hydrogen) atoms. The van der Waals surface area contributed by atoms with Crippen LogP contribution in [0.1, 0.15) is 16.2 Å². The molecule has 3 aromatic heterocycles. The smallest absolute Gasteiger partial charge is 0.318 e. The Morgan fingerprint density at radius 2 is 1.97 bits per heavy atom. The zero-order valence-corrected chi connectivity index (χ0v) is 16.6. The van der Waals surface area contributed by atoms with Gasteiger partial charge in [-0.05, 0) is 35.7 Å². The molecule has 0 saturated carbocycles. The molecule has 0 aliphatic rings. The number of anilines is 1. The highest BCUT2D eigenvalue weighted by Crippen LogP contribution is 2.33. The van der Waals surface area contributed by atoms with Gasteiger partial charge in [-0.2, -0.15) is 18.3 Å². The predicted molar refractivity (Wildman–Crippen MR) is 103 cm³/mol. The number of aromatic nitrogens is 3. The van der Waals surface area contributed by atoms with Gasteiger partial charge in [-0.3, -0.25) is 4.79 Å². The molecule has 0 bridgehead atoms. The average Bonchev–Trinajstić information content (AvgIpc) is 3.31. The molecule has 1 amide bonds. The van der Waals surface area contributed by atoms with Gasteiger partial charge in [0.15, 0.2) is 17.0 Å².